The zero-order valence-electron chi connectivity index (χ0n) is 9.18. The van der Waals surface area contributed by atoms with Gasteiger partial charge in [-0.2, -0.15) is 0 Å². The van der Waals surface area contributed by atoms with E-state index in [1.807, 2.05) is 0 Å². The second-order valence-electron chi connectivity index (χ2n) is 4.12. The Hall–Kier alpha value is -1.34. The highest BCUT2D eigenvalue weighted by molar-refractivity contribution is 7.89. The Balaban J connectivity index is 2.07. The molecule has 7 heteroatoms. The minimum atomic E-state index is -3.89. The lowest BCUT2D eigenvalue weighted by molar-refractivity contribution is 0.0904. The van der Waals surface area contributed by atoms with Crippen molar-refractivity contribution in [2.45, 2.75) is 36.8 Å². The quantitative estimate of drug-likeness (QED) is 0.828. The predicted octanol–water partition coefficient (Wildman–Crippen LogP) is 0.599. The summed E-state index contributed by atoms with van der Waals surface area (Å²) in [6.07, 6.45) is 4.11. The van der Waals surface area contributed by atoms with Gasteiger partial charge in [-0.3, -0.25) is 4.79 Å². The molecule has 1 heterocycles. The molecule has 1 saturated carbocycles. The number of amides is 1. The molecule has 1 aliphatic carbocycles. The molecule has 0 aliphatic heterocycles. The Morgan fingerprint density at radius 1 is 1.35 bits per heavy atom. The largest absolute Gasteiger partial charge is 0.438 e. The molecule has 0 atom stereocenters. The van der Waals surface area contributed by atoms with Crippen LogP contribution in [0.15, 0.2) is 21.6 Å². The third kappa shape index (κ3) is 2.86. The molecule has 1 fully saturated rings. The number of carbonyl (C=O) groups is 1. The minimum absolute atomic E-state index is 0.0269. The monoisotopic (exact) mass is 258 g/mol. The first kappa shape index (κ1) is 12.1. The summed E-state index contributed by atoms with van der Waals surface area (Å²) >= 11 is 0. The fourth-order valence-electron chi connectivity index (χ4n) is 1.92. The Bertz CT molecular complexity index is 514. The number of carbonyl (C=O) groups excluding carboxylic acids is 1. The summed E-state index contributed by atoms with van der Waals surface area (Å²) in [6, 6.07) is 2.65. The molecule has 0 aromatic carbocycles. The van der Waals surface area contributed by atoms with E-state index in [1.165, 1.54) is 12.1 Å². The first-order valence-corrected chi connectivity index (χ1v) is 6.95. The number of hydrogen-bond acceptors (Lipinski definition) is 4. The Morgan fingerprint density at radius 3 is 2.53 bits per heavy atom. The number of hydrogen-bond donors (Lipinski definition) is 2. The first-order chi connectivity index (χ1) is 7.97. The second-order valence-corrected chi connectivity index (χ2v) is 5.61. The lowest BCUT2D eigenvalue weighted by atomic mass is 10.2. The first-order valence-electron chi connectivity index (χ1n) is 5.40. The van der Waals surface area contributed by atoms with Gasteiger partial charge in [-0.25, -0.2) is 13.6 Å². The van der Waals surface area contributed by atoms with Crippen molar-refractivity contribution in [2.75, 3.05) is 0 Å². The van der Waals surface area contributed by atoms with Gasteiger partial charge < -0.3 is 9.73 Å². The molecular formula is C10H14N2O4S. The van der Waals surface area contributed by atoms with E-state index >= 15 is 0 Å². The standard InChI is InChI=1S/C10H14N2O4S/c11-17(14,15)9-6-5-8(16-9)10(13)12-7-3-1-2-4-7/h5-7H,1-4H2,(H,12,13)(H2,11,14,15). The smallest absolute Gasteiger partial charge is 0.287 e. The summed E-state index contributed by atoms with van der Waals surface area (Å²) in [5.74, 6) is -0.423. The van der Waals surface area contributed by atoms with Crippen molar-refractivity contribution in [3.63, 3.8) is 0 Å². The highest BCUT2D eigenvalue weighted by Crippen LogP contribution is 2.19. The molecule has 0 spiro atoms. The summed E-state index contributed by atoms with van der Waals surface area (Å²) in [5, 5.41) is 7.28. The van der Waals surface area contributed by atoms with Gasteiger partial charge in [0.2, 0.25) is 5.09 Å². The normalized spacial score (nSPS) is 17.2. The zero-order chi connectivity index (χ0) is 12.5. The number of furan rings is 1. The maximum Gasteiger partial charge on any atom is 0.287 e. The molecule has 2 rings (SSSR count). The van der Waals surface area contributed by atoms with Crippen molar-refractivity contribution in [1.29, 1.82) is 0 Å². The van der Waals surface area contributed by atoms with Crippen LogP contribution in [0, 0.1) is 0 Å². The molecule has 0 unspecified atom stereocenters. The SMILES string of the molecule is NS(=O)(=O)c1ccc(C(=O)NC2CCCC2)o1. The van der Waals surface area contributed by atoms with Crippen LogP contribution in [0.2, 0.25) is 0 Å². The van der Waals surface area contributed by atoms with Gasteiger partial charge in [0.25, 0.3) is 15.9 Å². The lowest BCUT2D eigenvalue weighted by Gasteiger charge is -2.09. The van der Waals surface area contributed by atoms with Crippen LogP contribution in [-0.4, -0.2) is 20.4 Å². The van der Waals surface area contributed by atoms with E-state index in [0.29, 0.717) is 0 Å². The van der Waals surface area contributed by atoms with Crippen LogP contribution in [0.4, 0.5) is 0 Å². The fourth-order valence-corrected chi connectivity index (χ4v) is 2.39. The molecule has 0 saturated heterocycles. The topological polar surface area (TPSA) is 102 Å². The van der Waals surface area contributed by atoms with E-state index in [9.17, 15) is 13.2 Å². The Labute approximate surface area is 99.2 Å². The van der Waals surface area contributed by atoms with Crippen LogP contribution in [0.5, 0.6) is 0 Å². The molecule has 1 aromatic rings. The van der Waals surface area contributed by atoms with Crippen molar-refractivity contribution in [2.24, 2.45) is 5.14 Å². The number of sulfonamides is 1. The van der Waals surface area contributed by atoms with E-state index in [2.05, 4.69) is 5.32 Å². The van der Waals surface area contributed by atoms with Crippen molar-refractivity contribution in [1.82, 2.24) is 5.32 Å². The summed E-state index contributed by atoms with van der Waals surface area (Å²) in [4.78, 5) is 11.7. The van der Waals surface area contributed by atoms with E-state index in [0.717, 1.165) is 25.7 Å². The highest BCUT2D eigenvalue weighted by atomic mass is 32.2. The van der Waals surface area contributed by atoms with E-state index in [-0.39, 0.29) is 11.8 Å². The summed E-state index contributed by atoms with van der Waals surface area (Å²) in [6.45, 7) is 0. The van der Waals surface area contributed by atoms with Crippen LogP contribution < -0.4 is 10.5 Å². The molecule has 1 aliphatic rings. The van der Waals surface area contributed by atoms with Crippen LogP contribution in [0.3, 0.4) is 0 Å². The summed E-state index contributed by atoms with van der Waals surface area (Å²) in [7, 11) is -3.89. The van der Waals surface area contributed by atoms with Crippen LogP contribution in [-0.2, 0) is 10.0 Å². The molecule has 17 heavy (non-hydrogen) atoms. The van der Waals surface area contributed by atoms with Crippen LogP contribution in [0.25, 0.3) is 0 Å². The second kappa shape index (κ2) is 4.50. The van der Waals surface area contributed by atoms with E-state index < -0.39 is 21.0 Å². The highest BCUT2D eigenvalue weighted by Gasteiger charge is 2.21. The van der Waals surface area contributed by atoms with Crippen LogP contribution in [0.1, 0.15) is 36.2 Å². The number of nitrogens with two attached hydrogens (primary N) is 1. The van der Waals surface area contributed by atoms with Crippen molar-refractivity contribution < 1.29 is 17.6 Å². The zero-order valence-corrected chi connectivity index (χ0v) is 10.00. The molecule has 1 amide bonds. The lowest BCUT2D eigenvalue weighted by Crippen LogP contribution is -2.32. The third-order valence-electron chi connectivity index (χ3n) is 2.78. The Kier molecular flexibility index (Phi) is 3.21. The average molecular weight is 258 g/mol. The third-order valence-corrected chi connectivity index (χ3v) is 3.56. The molecule has 94 valence electrons. The molecule has 6 nitrogen and oxygen atoms in total. The van der Waals surface area contributed by atoms with Gasteiger partial charge in [-0.1, -0.05) is 12.8 Å². The van der Waals surface area contributed by atoms with Gasteiger partial charge in [0, 0.05) is 6.04 Å². The summed E-state index contributed by atoms with van der Waals surface area (Å²) in [5.41, 5.74) is 0. The van der Waals surface area contributed by atoms with E-state index in [4.69, 9.17) is 9.56 Å². The summed E-state index contributed by atoms with van der Waals surface area (Å²) < 4.78 is 26.8. The Morgan fingerprint density at radius 2 is 2.00 bits per heavy atom. The van der Waals surface area contributed by atoms with Crippen molar-refractivity contribution >= 4 is 15.9 Å². The fraction of sp³-hybridized carbons (Fsp3) is 0.500. The predicted molar refractivity (Wildman–Crippen MR) is 59.8 cm³/mol. The maximum atomic E-state index is 11.7. The molecule has 1 aromatic heterocycles. The van der Waals surface area contributed by atoms with Gasteiger partial charge in [0.05, 0.1) is 0 Å². The van der Waals surface area contributed by atoms with Crippen LogP contribution >= 0.6 is 0 Å². The van der Waals surface area contributed by atoms with Gasteiger partial charge >= 0.3 is 0 Å². The van der Waals surface area contributed by atoms with E-state index in [1.54, 1.807) is 0 Å². The van der Waals surface area contributed by atoms with Gasteiger partial charge in [0.1, 0.15) is 0 Å². The minimum Gasteiger partial charge on any atom is -0.438 e. The molecule has 0 bridgehead atoms. The molecule has 3 N–H and O–H groups in total. The average Bonchev–Trinajstić information content (AvgIpc) is 2.85. The molecular weight excluding hydrogens is 244 g/mol. The van der Waals surface area contributed by atoms with Crippen molar-refractivity contribution in [3.8, 4) is 0 Å². The van der Waals surface area contributed by atoms with Crippen molar-refractivity contribution in [3.05, 3.63) is 17.9 Å². The number of nitrogens with one attached hydrogen (secondary N) is 1. The number of rotatable bonds is 3. The maximum absolute atomic E-state index is 11.7. The van der Waals surface area contributed by atoms with Gasteiger partial charge in [-0.05, 0) is 25.0 Å². The van der Waals surface area contributed by atoms with Gasteiger partial charge in [-0.15, -0.1) is 0 Å². The molecule has 0 radical (unpaired) electrons. The number of primary sulfonamides is 1. The van der Waals surface area contributed by atoms with Gasteiger partial charge in [0.15, 0.2) is 5.76 Å².